The number of aromatic amines is 1. The van der Waals surface area contributed by atoms with Crippen molar-refractivity contribution in [2.75, 3.05) is 13.1 Å². The molecule has 0 aliphatic carbocycles. The Morgan fingerprint density at radius 2 is 1.71 bits per heavy atom. The highest BCUT2D eigenvalue weighted by Gasteiger charge is 2.18. The van der Waals surface area contributed by atoms with Gasteiger partial charge in [0.1, 0.15) is 0 Å². The molecule has 0 saturated carbocycles. The Morgan fingerprint density at radius 3 is 2.33 bits per heavy atom. The normalized spacial score (nSPS) is 11.5. The predicted octanol–water partition coefficient (Wildman–Crippen LogP) is 3.85. The fourth-order valence-corrected chi connectivity index (χ4v) is 2.71. The average molecular weight is 286 g/mol. The Bertz CT molecular complexity index is 588. The van der Waals surface area contributed by atoms with E-state index in [2.05, 4.69) is 38.7 Å². The highest BCUT2D eigenvalue weighted by molar-refractivity contribution is 5.88. The minimum Gasteiger partial charge on any atom is -0.361 e. The maximum absolute atomic E-state index is 12.6. The molecule has 0 saturated heterocycles. The molecule has 2 aromatic rings. The molecule has 0 atom stereocenters. The SMILES string of the molecule is CC(C)CN(CC(C)C)C(=O)Cc1c[nH]c2ccccc12. The summed E-state index contributed by atoms with van der Waals surface area (Å²) in [6.07, 6.45) is 2.44. The summed E-state index contributed by atoms with van der Waals surface area (Å²) in [7, 11) is 0. The van der Waals surface area contributed by atoms with Gasteiger partial charge in [0.2, 0.25) is 5.91 Å². The van der Waals surface area contributed by atoms with Crippen LogP contribution in [0.15, 0.2) is 30.5 Å². The number of nitrogens with zero attached hydrogens (tertiary/aromatic N) is 1. The van der Waals surface area contributed by atoms with E-state index in [4.69, 9.17) is 0 Å². The van der Waals surface area contributed by atoms with Gasteiger partial charge in [0, 0.05) is 30.2 Å². The van der Waals surface area contributed by atoms with Crippen molar-refractivity contribution in [2.45, 2.75) is 34.1 Å². The van der Waals surface area contributed by atoms with Gasteiger partial charge < -0.3 is 9.88 Å². The molecule has 114 valence electrons. The van der Waals surface area contributed by atoms with Crippen molar-refractivity contribution in [3.8, 4) is 0 Å². The van der Waals surface area contributed by atoms with Gasteiger partial charge in [-0.2, -0.15) is 0 Å². The van der Waals surface area contributed by atoms with Crippen LogP contribution in [0, 0.1) is 11.8 Å². The molecular formula is C18H26N2O. The number of para-hydroxylation sites is 1. The van der Waals surface area contributed by atoms with Crippen LogP contribution in [0.25, 0.3) is 10.9 Å². The van der Waals surface area contributed by atoms with Crippen molar-refractivity contribution in [3.05, 3.63) is 36.0 Å². The Hall–Kier alpha value is -1.77. The number of rotatable bonds is 6. The van der Waals surface area contributed by atoms with Gasteiger partial charge in [0.15, 0.2) is 0 Å². The number of hydrogen-bond donors (Lipinski definition) is 1. The highest BCUT2D eigenvalue weighted by atomic mass is 16.2. The monoisotopic (exact) mass is 286 g/mol. The van der Waals surface area contributed by atoms with Crippen LogP contribution in [0.3, 0.4) is 0 Å². The fraction of sp³-hybridized carbons (Fsp3) is 0.500. The van der Waals surface area contributed by atoms with Gasteiger partial charge in [0.05, 0.1) is 6.42 Å². The lowest BCUT2D eigenvalue weighted by molar-refractivity contribution is -0.131. The van der Waals surface area contributed by atoms with Crippen LogP contribution in [0.2, 0.25) is 0 Å². The predicted molar refractivity (Wildman–Crippen MR) is 88.3 cm³/mol. The third-order valence-electron chi connectivity index (χ3n) is 3.54. The minimum absolute atomic E-state index is 0.224. The number of fused-ring (bicyclic) bond motifs is 1. The summed E-state index contributed by atoms with van der Waals surface area (Å²) in [5, 5.41) is 1.15. The molecule has 0 radical (unpaired) electrons. The number of hydrogen-bond acceptors (Lipinski definition) is 1. The summed E-state index contributed by atoms with van der Waals surface area (Å²) in [6, 6.07) is 8.14. The quantitative estimate of drug-likeness (QED) is 0.860. The van der Waals surface area contributed by atoms with E-state index < -0.39 is 0 Å². The van der Waals surface area contributed by atoms with Gasteiger partial charge in [-0.05, 0) is 23.5 Å². The molecule has 1 heterocycles. The maximum Gasteiger partial charge on any atom is 0.227 e. The van der Waals surface area contributed by atoms with E-state index in [-0.39, 0.29) is 5.91 Å². The average Bonchev–Trinajstić information content (AvgIpc) is 2.80. The first-order valence-electron chi connectivity index (χ1n) is 7.80. The van der Waals surface area contributed by atoms with Crippen LogP contribution in [-0.2, 0) is 11.2 Å². The molecule has 1 amide bonds. The van der Waals surface area contributed by atoms with Gasteiger partial charge in [0.25, 0.3) is 0 Å². The molecule has 1 aromatic carbocycles. The number of carbonyl (C=O) groups is 1. The molecule has 0 unspecified atom stereocenters. The molecular weight excluding hydrogens is 260 g/mol. The van der Waals surface area contributed by atoms with Crippen molar-refractivity contribution in [1.82, 2.24) is 9.88 Å². The lowest BCUT2D eigenvalue weighted by Crippen LogP contribution is -2.37. The second kappa shape index (κ2) is 6.79. The molecule has 21 heavy (non-hydrogen) atoms. The molecule has 3 nitrogen and oxygen atoms in total. The van der Waals surface area contributed by atoms with Crippen molar-refractivity contribution < 1.29 is 4.79 Å². The lowest BCUT2D eigenvalue weighted by atomic mass is 10.1. The number of aromatic nitrogens is 1. The zero-order valence-corrected chi connectivity index (χ0v) is 13.5. The number of nitrogens with one attached hydrogen (secondary N) is 1. The molecule has 0 spiro atoms. The third kappa shape index (κ3) is 4.10. The number of amides is 1. The smallest absolute Gasteiger partial charge is 0.227 e. The largest absolute Gasteiger partial charge is 0.361 e. The van der Waals surface area contributed by atoms with E-state index >= 15 is 0 Å². The van der Waals surface area contributed by atoms with E-state index in [0.717, 1.165) is 29.6 Å². The first-order chi connectivity index (χ1) is 9.97. The van der Waals surface area contributed by atoms with E-state index in [9.17, 15) is 4.79 Å². The van der Waals surface area contributed by atoms with Crippen LogP contribution in [0.1, 0.15) is 33.3 Å². The molecule has 0 bridgehead atoms. The number of benzene rings is 1. The first kappa shape index (κ1) is 15.6. The Labute approximate surface area is 127 Å². The molecule has 0 aliphatic heterocycles. The van der Waals surface area contributed by atoms with Crippen LogP contribution >= 0.6 is 0 Å². The summed E-state index contributed by atoms with van der Waals surface area (Å²) in [5.41, 5.74) is 2.19. The molecule has 0 fully saturated rings. The van der Waals surface area contributed by atoms with E-state index in [1.165, 1.54) is 0 Å². The highest BCUT2D eigenvalue weighted by Crippen LogP contribution is 2.19. The summed E-state index contributed by atoms with van der Waals surface area (Å²) in [5.74, 6) is 1.22. The Balaban J connectivity index is 2.14. The maximum atomic E-state index is 12.6. The van der Waals surface area contributed by atoms with Crippen LogP contribution in [-0.4, -0.2) is 28.9 Å². The molecule has 2 rings (SSSR count). The molecule has 0 aliphatic rings. The van der Waals surface area contributed by atoms with E-state index in [0.29, 0.717) is 18.3 Å². The lowest BCUT2D eigenvalue weighted by Gasteiger charge is -2.26. The van der Waals surface area contributed by atoms with Crippen LogP contribution in [0.4, 0.5) is 0 Å². The van der Waals surface area contributed by atoms with Gasteiger partial charge in [-0.1, -0.05) is 45.9 Å². The van der Waals surface area contributed by atoms with Gasteiger partial charge in [-0.3, -0.25) is 4.79 Å². The Morgan fingerprint density at radius 1 is 1.10 bits per heavy atom. The van der Waals surface area contributed by atoms with Crippen LogP contribution < -0.4 is 0 Å². The minimum atomic E-state index is 0.224. The van der Waals surface area contributed by atoms with E-state index in [1.807, 2.05) is 29.3 Å². The molecule has 3 heteroatoms. The number of H-pyrrole nitrogens is 1. The summed E-state index contributed by atoms with van der Waals surface area (Å²) < 4.78 is 0. The standard InChI is InChI=1S/C18H26N2O/c1-13(2)11-20(12-14(3)4)18(21)9-15-10-19-17-8-6-5-7-16(15)17/h5-8,10,13-14,19H,9,11-12H2,1-4H3. The van der Waals surface area contributed by atoms with E-state index in [1.54, 1.807) is 0 Å². The van der Waals surface area contributed by atoms with Crippen molar-refractivity contribution >= 4 is 16.8 Å². The van der Waals surface area contributed by atoms with Crippen molar-refractivity contribution in [2.24, 2.45) is 11.8 Å². The zero-order chi connectivity index (χ0) is 15.4. The summed E-state index contributed by atoms with van der Waals surface area (Å²) >= 11 is 0. The molecule has 1 aromatic heterocycles. The fourth-order valence-electron chi connectivity index (χ4n) is 2.71. The number of carbonyl (C=O) groups excluding carboxylic acids is 1. The second-order valence-corrected chi connectivity index (χ2v) is 6.62. The van der Waals surface area contributed by atoms with Crippen LogP contribution in [0.5, 0.6) is 0 Å². The van der Waals surface area contributed by atoms with Gasteiger partial charge in [-0.25, -0.2) is 0 Å². The van der Waals surface area contributed by atoms with Gasteiger partial charge >= 0.3 is 0 Å². The van der Waals surface area contributed by atoms with Crippen molar-refractivity contribution in [3.63, 3.8) is 0 Å². The topological polar surface area (TPSA) is 36.1 Å². The van der Waals surface area contributed by atoms with Crippen molar-refractivity contribution in [1.29, 1.82) is 0 Å². The third-order valence-corrected chi connectivity index (χ3v) is 3.54. The molecule has 1 N–H and O–H groups in total. The summed E-state index contributed by atoms with van der Waals surface area (Å²) in [6.45, 7) is 10.3. The zero-order valence-electron chi connectivity index (χ0n) is 13.5. The first-order valence-corrected chi connectivity index (χ1v) is 7.80. The second-order valence-electron chi connectivity index (χ2n) is 6.62. The Kier molecular flexibility index (Phi) is 5.05. The van der Waals surface area contributed by atoms with Gasteiger partial charge in [-0.15, -0.1) is 0 Å². The summed E-state index contributed by atoms with van der Waals surface area (Å²) in [4.78, 5) is 17.9.